The molecule has 1 rings (SSSR count). The molecule has 6 heteroatoms. The molecule has 1 aromatic carbocycles. The fraction of sp³-hybridized carbons (Fsp3) is 0.500. The zero-order valence-corrected chi connectivity index (χ0v) is 12.6. The van der Waals surface area contributed by atoms with Gasteiger partial charge in [-0.05, 0) is 31.0 Å². The van der Waals surface area contributed by atoms with E-state index in [1.54, 1.807) is 0 Å². The zero-order valence-electron chi connectivity index (χ0n) is 11.0. The molecule has 0 saturated carbocycles. The zero-order chi connectivity index (χ0) is 15.0. The predicted octanol–water partition coefficient (Wildman–Crippen LogP) is 4.99. The SMILES string of the molecule is O=C(CCCCCCBr)Nc1cccc(C(F)(F)F)c1. The van der Waals surface area contributed by atoms with Crippen LogP contribution in [-0.2, 0) is 11.0 Å². The molecule has 0 radical (unpaired) electrons. The number of nitrogens with one attached hydrogen (secondary N) is 1. The summed E-state index contributed by atoms with van der Waals surface area (Å²) >= 11 is 3.33. The van der Waals surface area contributed by atoms with Crippen LogP contribution in [0.1, 0.15) is 37.7 Å². The number of carbonyl (C=O) groups excluding carboxylic acids is 1. The molecule has 0 saturated heterocycles. The van der Waals surface area contributed by atoms with Gasteiger partial charge >= 0.3 is 6.18 Å². The van der Waals surface area contributed by atoms with E-state index in [4.69, 9.17) is 0 Å². The summed E-state index contributed by atoms with van der Waals surface area (Å²) in [6, 6.07) is 4.67. The van der Waals surface area contributed by atoms with Crippen LogP contribution in [0.15, 0.2) is 24.3 Å². The molecule has 0 aliphatic carbocycles. The second-order valence-electron chi connectivity index (χ2n) is 4.48. The molecule has 0 spiro atoms. The maximum Gasteiger partial charge on any atom is 0.416 e. The van der Waals surface area contributed by atoms with Crippen molar-refractivity contribution in [3.8, 4) is 0 Å². The van der Waals surface area contributed by atoms with E-state index in [1.165, 1.54) is 12.1 Å². The Kier molecular flexibility index (Phi) is 7.05. The summed E-state index contributed by atoms with van der Waals surface area (Å²) in [7, 11) is 0. The fourth-order valence-electron chi connectivity index (χ4n) is 1.73. The van der Waals surface area contributed by atoms with Crippen molar-refractivity contribution >= 4 is 27.5 Å². The Morgan fingerprint density at radius 2 is 1.85 bits per heavy atom. The highest BCUT2D eigenvalue weighted by molar-refractivity contribution is 9.09. The van der Waals surface area contributed by atoms with Gasteiger partial charge in [-0.2, -0.15) is 13.2 Å². The maximum atomic E-state index is 12.5. The van der Waals surface area contributed by atoms with Crippen LogP contribution in [0.4, 0.5) is 18.9 Å². The van der Waals surface area contributed by atoms with Crippen LogP contribution < -0.4 is 5.32 Å². The molecule has 1 N–H and O–H groups in total. The molecule has 20 heavy (non-hydrogen) atoms. The number of carbonyl (C=O) groups is 1. The van der Waals surface area contributed by atoms with Crippen molar-refractivity contribution in [3.05, 3.63) is 29.8 Å². The van der Waals surface area contributed by atoms with Crippen molar-refractivity contribution in [2.24, 2.45) is 0 Å². The molecule has 0 fully saturated rings. The van der Waals surface area contributed by atoms with E-state index in [-0.39, 0.29) is 11.6 Å². The van der Waals surface area contributed by atoms with Crippen molar-refractivity contribution in [1.82, 2.24) is 0 Å². The number of unbranched alkanes of at least 4 members (excludes halogenated alkanes) is 3. The Morgan fingerprint density at radius 1 is 1.15 bits per heavy atom. The average molecular weight is 352 g/mol. The van der Waals surface area contributed by atoms with Gasteiger partial charge in [0.2, 0.25) is 5.91 Å². The van der Waals surface area contributed by atoms with Gasteiger partial charge in [0.1, 0.15) is 0 Å². The second kappa shape index (κ2) is 8.29. The fourth-order valence-corrected chi connectivity index (χ4v) is 2.13. The van der Waals surface area contributed by atoms with Crippen molar-refractivity contribution in [2.75, 3.05) is 10.6 Å². The molecule has 1 aromatic rings. The second-order valence-corrected chi connectivity index (χ2v) is 5.27. The van der Waals surface area contributed by atoms with Gasteiger partial charge in [-0.15, -0.1) is 0 Å². The van der Waals surface area contributed by atoms with E-state index in [0.29, 0.717) is 6.42 Å². The highest BCUT2D eigenvalue weighted by Crippen LogP contribution is 2.30. The van der Waals surface area contributed by atoms with Crippen molar-refractivity contribution in [3.63, 3.8) is 0 Å². The normalized spacial score (nSPS) is 11.4. The molecule has 112 valence electrons. The first-order valence-electron chi connectivity index (χ1n) is 6.46. The summed E-state index contributed by atoms with van der Waals surface area (Å²) in [5.74, 6) is -0.247. The number of anilines is 1. The van der Waals surface area contributed by atoms with Gasteiger partial charge in [0.15, 0.2) is 0 Å². The third-order valence-corrected chi connectivity index (χ3v) is 3.32. The minimum Gasteiger partial charge on any atom is -0.326 e. The number of hydrogen-bond acceptors (Lipinski definition) is 1. The van der Waals surface area contributed by atoms with Crippen molar-refractivity contribution < 1.29 is 18.0 Å². The molecule has 2 nitrogen and oxygen atoms in total. The van der Waals surface area contributed by atoms with Crippen molar-refractivity contribution in [2.45, 2.75) is 38.3 Å². The van der Waals surface area contributed by atoms with Gasteiger partial charge < -0.3 is 5.32 Å². The molecule has 0 aromatic heterocycles. The monoisotopic (exact) mass is 351 g/mol. The Hall–Kier alpha value is -1.04. The van der Waals surface area contributed by atoms with E-state index in [2.05, 4.69) is 21.2 Å². The number of benzene rings is 1. The van der Waals surface area contributed by atoms with Gasteiger partial charge in [-0.1, -0.05) is 34.8 Å². The molecule has 0 bridgehead atoms. The summed E-state index contributed by atoms with van der Waals surface area (Å²) in [5.41, 5.74) is -0.571. The summed E-state index contributed by atoms with van der Waals surface area (Å²) in [6.07, 6.45) is -0.258. The van der Waals surface area contributed by atoms with Crippen LogP contribution in [0.5, 0.6) is 0 Å². The number of rotatable bonds is 7. The first kappa shape index (κ1) is 17.0. The minimum absolute atomic E-state index is 0.185. The molecule has 0 unspecified atom stereocenters. The van der Waals surface area contributed by atoms with Gasteiger partial charge in [0.25, 0.3) is 0 Å². The van der Waals surface area contributed by atoms with E-state index >= 15 is 0 Å². The molecule has 0 aliphatic rings. The number of halogens is 4. The van der Waals surface area contributed by atoms with Crippen LogP contribution in [0, 0.1) is 0 Å². The predicted molar refractivity (Wildman–Crippen MR) is 77.0 cm³/mol. The summed E-state index contributed by atoms with van der Waals surface area (Å²) in [5, 5.41) is 3.44. The van der Waals surface area contributed by atoms with Crippen molar-refractivity contribution in [1.29, 1.82) is 0 Å². The maximum absolute atomic E-state index is 12.5. The highest BCUT2D eigenvalue weighted by atomic mass is 79.9. The molecule has 0 atom stereocenters. The number of amides is 1. The topological polar surface area (TPSA) is 29.1 Å². The van der Waals surface area contributed by atoms with Gasteiger partial charge in [-0.25, -0.2) is 0 Å². The van der Waals surface area contributed by atoms with Gasteiger partial charge in [0, 0.05) is 17.4 Å². The van der Waals surface area contributed by atoms with E-state index in [9.17, 15) is 18.0 Å². The number of hydrogen-bond donors (Lipinski definition) is 1. The summed E-state index contributed by atoms with van der Waals surface area (Å²) in [6.45, 7) is 0. The smallest absolute Gasteiger partial charge is 0.326 e. The van der Waals surface area contributed by atoms with Crippen LogP contribution in [-0.4, -0.2) is 11.2 Å². The average Bonchev–Trinajstić information content (AvgIpc) is 2.38. The highest BCUT2D eigenvalue weighted by Gasteiger charge is 2.30. The quantitative estimate of drug-likeness (QED) is 0.544. The Bertz CT molecular complexity index is 435. The van der Waals surface area contributed by atoms with Crippen LogP contribution in [0.2, 0.25) is 0 Å². The molecule has 0 heterocycles. The Morgan fingerprint density at radius 3 is 2.50 bits per heavy atom. The van der Waals surface area contributed by atoms with E-state index in [0.717, 1.165) is 43.1 Å². The number of alkyl halides is 4. The first-order chi connectivity index (χ1) is 9.43. The summed E-state index contributed by atoms with van der Waals surface area (Å²) < 4.78 is 37.5. The van der Waals surface area contributed by atoms with Crippen LogP contribution in [0.3, 0.4) is 0 Å². The van der Waals surface area contributed by atoms with Gasteiger partial charge in [-0.3, -0.25) is 4.79 Å². The lowest BCUT2D eigenvalue weighted by Gasteiger charge is -2.09. The lowest BCUT2D eigenvalue weighted by molar-refractivity contribution is -0.137. The largest absolute Gasteiger partial charge is 0.416 e. The molecule has 1 amide bonds. The minimum atomic E-state index is -4.39. The molecule has 0 aliphatic heterocycles. The lowest BCUT2D eigenvalue weighted by atomic mass is 10.1. The Labute approximate surface area is 124 Å². The van der Waals surface area contributed by atoms with E-state index in [1.807, 2.05) is 0 Å². The molecular weight excluding hydrogens is 335 g/mol. The third kappa shape index (κ3) is 6.41. The summed E-state index contributed by atoms with van der Waals surface area (Å²) in [4.78, 5) is 11.6. The molecular formula is C14H17BrF3NO. The van der Waals surface area contributed by atoms with E-state index < -0.39 is 11.7 Å². The first-order valence-corrected chi connectivity index (χ1v) is 7.58. The van der Waals surface area contributed by atoms with Crippen LogP contribution >= 0.6 is 15.9 Å². The Balaban J connectivity index is 2.42. The lowest BCUT2D eigenvalue weighted by Crippen LogP contribution is -2.12. The van der Waals surface area contributed by atoms with Gasteiger partial charge in [0.05, 0.1) is 5.56 Å². The third-order valence-electron chi connectivity index (χ3n) is 2.76. The standard InChI is InChI=1S/C14H17BrF3NO/c15-9-4-2-1-3-8-13(20)19-12-7-5-6-11(10-12)14(16,17)18/h5-7,10H,1-4,8-9H2,(H,19,20). The van der Waals surface area contributed by atoms with Crippen LogP contribution in [0.25, 0.3) is 0 Å².